The highest BCUT2D eigenvalue weighted by Crippen LogP contribution is 2.16. The number of carbonyl (C=O) groups is 1. The Kier molecular flexibility index (Phi) is 4.20. The molecular weight excluding hydrogens is 180 g/mol. The van der Waals surface area contributed by atoms with Crippen LogP contribution in [0.1, 0.15) is 26.7 Å². The fourth-order valence-electron chi connectivity index (χ4n) is 1.66. The lowest BCUT2D eigenvalue weighted by Gasteiger charge is -2.14. The molecule has 0 saturated carbocycles. The Morgan fingerprint density at radius 1 is 1.64 bits per heavy atom. The first-order valence-electron chi connectivity index (χ1n) is 5.29. The number of rotatable bonds is 5. The number of ether oxygens (including phenoxy) is 1. The van der Waals surface area contributed by atoms with Gasteiger partial charge in [-0.3, -0.25) is 0 Å². The van der Waals surface area contributed by atoms with Crippen molar-refractivity contribution in [2.45, 2.75) is 32.8 Å². The highest BCUT2D eigenvalue weighted by atomic mass is 16.6. The number of hydrogen-bond acceptors (Lipinski definition) is 3. The van der Waals surface area contributed by atoms with E-state index in [1.807, 2.05) is 0 Å². The zero-order valence-corrected chi connectivity index (χ0v) is 9.03. The van der Waals surface area contributed by atoms with Crippen LogP contribution in [-0.2, 0) is 4.74 Å². The summed E-state index contributed by atoms with van der Waals surface area (Å²) >= 11 is 0. The average molecular weight is 200 g/mol. The van der Waals surface area contributed by atoms with E-state index in [4.69, 9.17) is 10.5 Å². The Morgan fingerprint density at radius 3 is 2.93 bits per heavy atom. The van der Waals surface area contributed by atoms with E-state index < -0.39 is 0 Å². The molecule has 4 heteroatoms. The number of nitrogens with two attached hydrogens (primary N) is 1. The molecule has 0 aliphatic carbocycles. The van der Waals surface area contributed by atoms with Crippen molar-refractivity contribution >= 4 is 6.09 Å². The van der Waals surface area contributed by atoms with Gasteiger partial charge in [0.15, 0.2) is 0 Å². The molecule has 0 aromatic rings. The van der Waals surface area contributed by atoms with Crippen molar-refractivity contribution in [2.75, 3.05) is 19.6 Å². The zero-order chi connectivity index (χ0) is 10.6. The Hall–Kier alpha value is -0.770. The van der Waals surface area contributed by atoms with Crippen molar-refractivity contribution in [2.24, 2.45) is 11.7 Å². The van der Waals surface area contributed by atoms with Gasteiger partial charge in [0.2, 0.25) is 0 Å². The van der Waals surface area contributed by atoms with Gasteiger partial charge in [0.05, 0.1) is 6.54 Å². The third-order valence-electron chi connectivity index (χ3n) is 2.27. The minimum atomic E-state index is -0.166. The molecule has 1 rings (SSSR count). The number of cyclic esters (lactones) is 1. The predicted molar refractivity (Wildman–Crippen MR) is 55.0 cm³/mol. The summed E-state index contributed by atoms with van der Waals surface area (Å²) in [6.07, 6.45) is 1.70. The zero-order valence-electron chi connectivity index (χ0n) is 9.03. The molecule has 0 bridgehead atoms. The van der Waals surface area contributed by atoms with Crippen molar-refractivity contribution in [1.82, 2.24) is 4.90 Å². The normalized spacial score (nSPS) is 21.9. The number of nitrogens with zero attached hydrogens (tertiary/aromatic N) is 1. The molecule has 1 aliphatic heterocycles. The van der Waals surface area contributed by atoms with Gasteiger partial charge < -0.3 is 15.4 Å². The molecule has 0 spiro atoms. The minimum Gasteiger partial charge on any atom is -0.444 e. The molecule has 0 aromatic carbocycles. The highest BCUT2D eigenvalue weighted by molar-refractivity contribution is 5.69. The lowest BCUT2D eigenvalue weighted by molar-refractivity contribution is 0.127. The van der Waals surface area contributed by atoms with Gasteiger partial charge in [-0.25, -0.2) is 4.79 Å². The van der Waals surface area contributed by atoms with E-state index in [1.54, 1.807) is 4.90 Å². The van der Waals surface area contributed by atoms with Gasteiger partial charge in [0.1, 0.15) is 6.10 Å². The lowest BCUT2D eigenvalue weighted by Crippen LogP contribution is -2.29. The molecule has 4 nitrogen and oxygen atoms in total. The van der Waals surface area contributed by atoms with Crippen molar-refractivity contribution in [3.63, 3.8) is 0 Å². The highest BCUT2D eigenvalue weighted by Gasteiger charge is 2.30. The standard InChI is InChI=1S/C10H20N2O2/c1-8(2)6-12-7-9(4-3-5-11)14-10(12)13/h8-9H,3-7,11H2,1-2H3. The first kappa shape index (κ1) is 11.3. The first-order valence-corrected chi connectivity index (χ1v) is 5.29. The fourth-order valence-corrected chi connectivity index (χ4v) is 1.66. The van der Waals surface area contributed by atoms with Crippen molar-refractivity contribution < 1.29 is 9.53 Å². The Labute approximate surface area is 85.4 Å². The second-order valence-corrected chi connectivity index (χ2v) is 4.24. The monoisotopic (exact) mass is 200 g/mol. The number of hydrogen-bond donors (Lipinski definition) is 1. The molecule has 14 heavy (non-hydrogen) atoms. The summed E-state index contributed by atoms with van der Waals surface area (Å²) in [5, 5.41) is 0. The van der Waals surface area contributed by atoms with Crippen LogP contribution in [-0.4, -0.2) is 36.7 Å². The molecule has 0 aromatic heterocycles. The molecule has 1 heterocycles. The molecular formula is C10H20N2O2. The molecule has 1 atom stereocenters. The molecule has 0 radical (unpaired) electrons. The number of amides is 1. The minimum absolute atomic E-state index is 0.0600. The Bertz CT molecular complexity index is 195. The summed E-state index contributed by atoms with van der Waals surface area (Å²) in [5.41, 5.74) is 5.40. The second-order valence-electron chi connectivity index (χ2n) is 4.24. The van der Waals surface area contributed by atoms with E-state index in [-0.39, 0.29) is 12.2 Å². The summed E-state index contributed by atoms with van der Waals surface area (Å²) in [6, 6.07) is 0. The van der Waals surface area contributed by atoms with Crippen LogP contribution >= 0.6 is 0 Å². The van der Waals surface area contributed by atoms with Crippen LogP contribution in [0.2, 0.25) is 0 Å². The van der Waals surface area contributed by atoms with Gasteiger partial charge in [0, 0.05) is 6.54 Å². The predicted octanol–water partition coefficient (Wildman–Crippen LogP) is 1.20. The third kappa shape index (κ3) is 3.18. The summed E-state index contributed by atoms with van der Waals surface area (Å²) in [4.78, 5) is 13.1. The molecule has 82 valence electrons. The quantitative estimate of drug-likeness (QED) is 0.725. The molecule has 1 fully saturated rings. The lowest BCUT2D eigenvalue weighted by atomic mass is 10.2. The van der Waals surface area contributed by atoms with Gasteiger partial charge >= 0.3 is 6.09 Å². The molecule has 2 N–H and O–H groups in total. The topological polar surface area (TPSA) is 55.6 Å². The van der Waals surface area contributed by atoms with Crippen LogP contribution in [0.25, 0.3) is 0 Å². The molecule has 1 aliphatic rings. The van der Waals surface area contributed by atoms with E-state index in [0.717, 1.165) is 25.9 Å². The van der Waals surface area contributed by atoms with Crippen LogP contribution in [0.4, 0.5) is 4.79 Å². The van der Waals surface area contributed by atoms with E-state index in [9.17, 15) is 4.79 Å². The largest absolute Gasteiger partial charge is 0.444 e. The van der Waals surface area contributed by atoms with Crippen molar-refractivity contribution in [1.29, 1.82) is 0 Å². The SMILES string of the molecule is CC(C)CN1CC(CCCN)OC1=O. The third-order valence-corrected chi connectivity index (χ3v) is 2.27. The van der Waals surface area contributed by atoms with Gasteiger partial charge in [0.25, 0.3) is 0 Å². The van der Waals surface area contributed by atoms with Crippen LogP contribution in [0.15, 0.2) is 0 Å². The average Bonchev–Trinajstić information content (AvgIpc) is 2.43. The van der Waals surface area contributed by atoms with Gasteiger partial charge in [-0.2, -0.15) is 0 Å². The first-order chi connectivity index (χ1) is 6.63. The van der Waals surface area contributed by atoms with Crippen molar-refractivity contribution in [3.05, 3.63) is 0 Å². The Morgan fingerprint density at radius 2 is 2.36 bits per heavy atom. The van der Waals surface area contributed by atoms with E-state index in [1.165, 1.54) is 0 Å². The molecule has 1 saturated heterocycles. The van der Waals surface area contributed by atoms with Crippen LogP contribution in [0, 0.1) is 5.92 Å². The fraction of sp³-hybridized carbons (Fsp3) is 0.900. The van der Waals surface area contributed by atoms with E-state index in [0.29, 0.717) is 12.5 Å². The van der Waals surface area contributed by atoms with Crippen LogP contribution in [0.3, 0.4) is 0 Å². The van der Waals surface area contributed by atoms with Gasteiger partial charge in [-0.15, -0.1) is 0 Å². The van der Waals surface area contributed by atoms with E-state index in [2.05, 4.69) is 13.8 Å². The summed E-state index contributed by atoms with van der Waals surface area (Å²) < 4.78 is 5.21. The number of carbonyl (C=O) groups excluding carboxylic acids is 1. The van der Waals surface area contributed by atoms with Crippen molar-refractivity contribution in [3.8, 4) is 0 Å². The van der Waals surface area contributed by atoms with E-state index >= 15 is 0 Å². The van der Waals surface area contributed by atoms with Gasteiger partial charge in [-0.1, -0.05) is 13.8 Å². The second kappa shape index (κ2) is 5.20. The molecule has 1 unspecified atom stereocenters. The maximum atomic E-state index is 11.4. The van der Waals surface area contributed by atoms with Crippen LogP contribution < -0.4 is 5.73 Å². The van der Waals surface area contributed by atoms with Gasteiger partial charge in [-0.05, 0) is 25.3 Å². The summed E-state index contributed by atoms with van der Waals surface area (Å²) in [6.45, 7) is 6.38. The smallest absolute Gasteiger partial charge is 0.410 e. The summed E-state index contributed by atoms with van der Waals surface area (Å²) in [7, 11) is 0. The van der Waals surface area contributed by atoms with Crippen LogP contribution in [0.5, 0.6) is 0 Å². The maximum Gasteiger partial charge on any atom is 0.410 e. The maximum absolute atomic E-state index is 11.4. The summed E-state index contributed by atoms with van der Waals surface area (Å²) in [5.74, 6) is 0.496. The molecule has 1 amide bonds. The Balaban J connectivity index is 2.32.